The summed E-state index contributed by atoms with van der Waals surface area (Å²) in [5, 5.41) is 2.93. The summed E-state index contributed by atoms with van der Waals surface area (Å²) in [4.78, 5) is 13.6. The largest absolute Gasteiger partial charge is 0.337 e. The zero-order valence-electron chi connectivity index (χ0n) is 11.4. The van der Waals surface area contributed by atoms with Crippen molar-refractivity contribution < 1.29 is 4.79 Å². The third-order valence-corrected chi connectivity index (χ3v) is 2.57. The van der Waals surface area contributed by atoms with Crippen LogP contribution in [0.2, 0.25) is 0 Å². The van der Waals surface area contributed by atoms with Crippen molar-refractivity contribution in [3.05, 3.63) is 35.4 Å². The first-order valence-electron chi connectivity index (χ1n) is 5.97. The fourth-order valence-corrected chi connectivity index (χ4v) is 1.71. The van der Waals surface area contributed by atoms with E-state index in [-0.39, 0.29) is 11.9 Å². The first-order chi connectivity index (χ1) is 8.52. The second-order valence-corrected chi connectivity index (χ2v) is 4.57. The van der Waals surface area contributed by atoms with Gasteiger partial charge >= 0.3 is 0 Å². The fourth-order valence-electron chi connectivity index (χ4n) is 1.71. The first-order valence-corrected chi connectivity index (χ1v) is 5.97. The number of nitrogens with zero attached hydrogens (tertiary/aromatic N) is 1. The highest BCUT2D eigenvalue weighted by molar-refractivity contribution is 5.93. The van der Waals surface area contributed by atoms with Crippen LogP contribution in [0.1, 0.15) is 24.1 Å². The Morgan fingerprint density at radius 1 is 1.33 bits per heavy atom. The molecule has 0 fully saturated rings. The summed E-state index contributed by atoms with van der Waals surface area (Å²) in [5.74, 6) is 4.89. The summed E-state index contributed by atoms with van der Waals surface area (Å²) in [5.41, 5.74) is 2.31. The molecular formula is C15H20N2O. The average molecular weight is 244 g/mol. The molecule has 0 bridgehead atoms. The van der Waals surface area contributed by atoms with E-state index in [1.54, 1.807) is 6.92 Å². The average Bonchev–Trinajstić information content (AvgIpc) is 2.28. The number of nitrogens with one attached hydrogen (secondary N) is 1. The minimum Gasteiger partial charge on any atom is -0.337 e. The summed E-state index contributed by atoms with van der Waals surface area (Å²) in [7, 11) is 3.97. The standard InChI is InChI=1S/C15H20N2O/c1-5-6-15(18)16-14(11-17(3)4)13-9-7-12(2)8-10-13/h7-10,14H,11H2,1-4H3,(H,16,18). The van der Waals surface area contributed by atoms with Gasteiger partial charge in [-0.25, -0.2) is 0 Å². The molecule has 1 aromatic rings. The first kappa shape index (κ1) is 14.3. The topological polar surface area (TPSA) is 32.3 Å². The van der Waals surface area contributed by atoms with Crippen molar-refractivity contribution in [1.82, 2.24) is 10.2 Å². The van der Waals surface area contributed by atoms with Gasteiger partial charge in [0.15, 0.2) is 0 Å². The second-order valence-electron chi connectivity index (χ2n) is 4.57. The highest BCUT2D eigenvalue weighted by atomic mass is 16.1. The molecule has 3 heteroatoms. The van der Waals surface area contributed by atoms with Crippen molar-refractivity contribution in [2.24, 2.45) is 0 Å². The molecule has 0 heterocycles. The van der Waals surface area contributed by atoms with Gasteiger partial charge in [-0.15, -0.1) is 0 Å². The second kappa shape index (κ2) is 6.83. The number of carbonyl (C=O) groups is 1. The Labute approximate surface area is 109 Å². The van der Waals surface area contributed by atoms with Crippen LogP contribution in [0.4, 0.5) is 0 Å². The molecule has 0 saturated carbocycles. The van der Waals surface area contributed by atoms with Crippen LogP contribution in [0.25, 0.3) is 0 Å². The minimum atomic E-state index is -0.232. The summed E-state index contributed by atoms with van der Waals surface area (Å²) in [6.07, 6.45) is 0. The molecule has 0 aliphatic rings. The maximum absolute atomic E-state index is 11.6. The van der Waals surface area contributed by atoms with Gasteiger partial charge in [-0.2, -0.15) is 0 Å². The minimum absolute atomic E-state index is 0.0334. The number of benzene rings is 1. The summed E-state index contributed by atoms with van der Waals surface area (Å²) in [6.45, 7) is 4.46. The van der Waals surface area contributed by atoms with Gasteiger partial charge in [0.1, 0.15) is 0 Å². The van der Waals surface area contributed by atoms with Gasteiger partial charge in [0.25, 0.3) is 5.91 Å². The summed E-state index contributed by atoms with van der Waals surface area (Å²) >= 11 is 0. The van der Waals surface area contributed by atoms with Crippen molar-refractivity contribution in [3.63, 3.8) is 0 Å². The van der Waals surface area contributed by atoms with E-state index in [9.17, 15) is 4.79 Å². The van der Waals surface area contributed by atoms with Crippen LogP contribution in [0.15, 0.2) is 24.3 Å². The lowest BCUT2D eigenvalue weighted by atomic mass is 10.0. The maximum Gasteiger partial charge on any atom is 0.296 e. The Morgan fingerprint density at radius 3 is 2.44 bits per heavy atom. The predicted octanol–water partition coefficient (Wildman–Crippen LogP) is 1.74. The number of carbonyl (C=O) groups excluding carboxylic acids is 1. The molecule has 3 nitrogen and oxygen atoms in total. The highest BCUT2D eigenvalue weighted by Crippen LogP contribution is 2.14. The van der Waals surface area contributed by atoms with E-state index in [4.69, 9.17) is 0 Å². The zero-order chi connectivity index (χ0) is 13.5. The van der Waals surface area contributed by atoms with Crippen LogP contribution in [0.3, 0.4) is 0 Å². The van der Waals surface area contributed by atoms with Crippen LogP contribution >= 0.6 is 0 Å². The molecule has 18 heavy (non-hydrogen) atoms. The molecule has 0 aliphatic heterocycles. The number of amides is 1. The molecule has 0 saturated heterocycles. The lowest BCUT2D eigenvalue weighted by Gasteiger charge is -2.22. The Kier molecular flexibility index (Phi) is 5.41. The van der Waals surface area contributed by atoms with Gasteiger partial charge in [0, 0.05) is 6.54 Å². The van der Waals surface area contributed by atoms with Crippen molar-refractivity contribution in [2.45, 2.75) is 19.9 Å². The van der Waals surface area contributed by atoms with Gasteiger partial charge in [-0.1, -0.05) is 35.7 Å². The lowest BCUT2D eigenvalue weighted by Crippen LogP contribution is -2.34. The van der Waals surface area contributed by atoms with Crippen LogP contribution in [0, 0.1) is 18.8 Å². The summed E-state index contributed by atoms with van der Waals surface area (Å²) in [6, 6.07) is 8.16. The Balaban J connectivity index is 2.86. The highest BCUT2D eigenvalue weighted by Gasteiger charge is 2.14. The van der Waals surface area contributed by atoms with E-state index < -0.39 is 0 Å². The molecular weight excluding hydrogens is 224 g/mol. The van der Waals surface area contributed by atoms with Crippen molar-refractivity contribution in [3.8, 4) is 11.8 Å². The van der Waals surface area contributed by atoms with E-state index in [0.29, 0.717) is 0 Å². The van der Waals surface area contributed by atoms with Crippen LogP contribution in [-0.2, 0) is 4.79 Å². The van der Waals surface area contributed by atoms with Gasteiger partial charge in [0.2, 0.25) is 0 Å². The quantitative estimate of drug-likeness (QED) is 0.818. The van der Waals surface area contributed by atoms with Crippen molar-refractivity contribution in [2.75, 3.05) is 20.6 Å². The van der Waals surface area contributed by atoms with E-state index in [1.165, 1.54) is 5.56 Å². The Hall–Kier alpha value is -1.79. The monoisotopic (exact) mass is 244 g/mol. The molecule has 0 spiro atoms. The number of hydrogen-bond acceptors (Lipinski definition) is 2. The molecule has 1 unspecified atom stereocenters. The van der Waals surface area contributed by atoms with Gasteiger partial charge in [-0.3, -0.25) is 4.79 Å². The van der Waals surface area contributed by atoms with Crippen molar-refractivity contribution >= 4 is 5.91 Å². The SMILES string of the molecule is CC#CC(=O)NC(CN(C)C)c1ccc(C)cc1. The molecule has 1 amide bonds. The molecule has 1 N–H and O–H groups in total. The predicted molar refractivity (Wildman–Crippen MR) is 74.1 cm³/mol. The van der Waals surface area contributed by atoms with E-state index in [1.807, 2.05) is 38.1 Å². The molecule has 0 aromatic heterocycles. The van der Waals surface area contributed by atoms with Gasteiger partial charge in [-0.05, 0) is 39.4 Å². The third-order valence-electron chi connectivity index (χ3n) is 2.57. The number of aryl methyl sites for hydroxylation is 1. The summed E-state index contributed by atoms with van der Waals surface area (Å²) < 4.78 is 0. The Bertz CT molecular complexity index is 452. The molecule has 1 rings (SSSR count). The zero-order valence-corrected chi connectivity index (χ0v) is 11.4. The third kappa shape index (κ3) is 4.60. The number of likely N-dealkylation sites (N-methyl/N-ethyl adjacent to an activating group) is 1. The van der Waals surface area contributed by atoms with Gasteiger partial charge < -0.3 is 10.2 Å². The van der Waals surface area contributed by atoms with E-state index in [0.717, 1.165) is 12.1 Å². The number of rotatable bonds is 4. The van der Waals surface area contributed by atoms with Crippen LogP contribution in [0.5, 0.6) is 0 Å². The molecule has 96 valence electrons. The molecule has 1 aromatic carbocycles. The fraction of sp³-hybridized carbons (Fsp3) is 0.400. The molecule has 0 aliphatic carbocycles. The normalized spacial score (nSPS) is 11.6. The molecule has 1 atom stereocenters. The van der Waals surface area contributed by atoms with Crippen LogP contribution in [-0.4, -0.2) is 31.4 Å². The maximum atomic E-state index is 11.6. The van der Waals surface area contributed by atoms with Gasteiger partial charge in [0.05, 0.1) is 6.04 Å². The van der Waals surface area contributed by atoms with Crippen molar-refractivity contribution in [1.29, 1.82) is 0 Å². The van der Waals surface area contributed by atoms with E-state index >= 15 is 0 Å². The Morgan fingerprint density at radius 2 is 1.94 bits per heavy atom. The smallest absolute Gasteiger partial charge is 0.296 e. The van der Waals surface area contributed by atoms with Crippen LogP contribution < -0.4 is 5.32 Å². The van der Waals surface area contributed by atoms with E-state index in [2.05, 4.69) is 29.3 Å². The number of hydrogen-bond donors (Lipinski definition) is 1. The molecule has 0 radical (unpaired) electrons. The lowest BCUT2D eigenvalue weighted by molar-refractivity contribution is -0.116.